The number of halogens is 3. The number of anilines is 1. The minimum absolute atomic E-state index is 0.0441. The van der Waals surface area contributed by atoms with Crippen molar-refractivity contribution in [2.45, 2.75) is 6.54 Å². The first-order chi connectivity index (χ1) is 9.88. The van der Waals surface area contributed by atoms with Crippen LogP contribution in [0.2, 0.25) is 0 Å². The van der Waals surface area contributed by atoms with Gasteiger partial charge in [0.25, 0.3) is 5.91 Å². The van der Waals surface area contributed by atoms with Crippen LogP contribution in [0.3, 0.4) is 0 Å². The third-order valence-corrected chi connectivity index (χ3v) is 4.12. The molecule has 2 aromatic carbocycles. The highest BCUT2D eigenvalue weighted by Gasteiger charge is 2.17. The number of carbonyl (C=O) groups excluding carboxylic acids is 1. The normalized spacial score (nSPS) is 10.5. The Bertz CT molecular complexity index is 691. The molecular weight excluding hydrogens is 403 g/mol. The summed E-state index contributed by atoms with van der Waals surface area (Å²) in [5, 5.41) is 0. The van der Waals surface area contributed by atoms with Crippen molar-refractivity contribution in [1.82, 2.24) is 4.90 Å². The van der Waals surface area contributed by atoms with Crippen LogP contribution in [0.25, 0.3) is 0 Å². The van der Waals surface area contributed by atoms with Gasteiger partial charge in [-0.2, -0.15) is 0 Å². The summed E-state index contributed by atoms with van der Waals surface area (Å²) in [6, 6.07) is 10.3. The van der Waals surface area contributed by atoms with Gasteiger partial charge in [-0.25, -0.2) is 4.39 Å². The van der Waals surface area contributed by atoms with Crippen LogP contribution in [0, 0.1) is 5.82 Å². The van der Waals surface area contributed by atoms with E-state index >= 15 is 0 Å². The highest BCUT2D eigenvalue weighted by Crippen LogP contribution is 2.24. The molecule has 0 saturated carbocycles. The topological polar surface area (TPSA) is 46.3 Å². The summed E-state index contributed by atoms with van der Waals surface area (Å²) in [4.78, 5) is 14.0. The standard InChI is InChI=1S/C15H13Br2FN2O/c1-20(8-9-3-2-4-10(16)5-9)15(21)11-6-14(19)13(18)7-12(11)17/h2-7H,8,19H2,1H3. The molecule has 3 nitrogen and oxygen atoms in total. The van der Waals surface area contributed by atoms with E-state index in [0.29, 0.717) is 16.6 Å². The Balaban J connectivity index is 2.22. The first-order valence-corrected chi connectivity index (χ1v) is 7.71. The van der Waals surface area contributed by atoms with E-state index in [4.69, 9.17) is 5.73 Å². The Labute approximate surface area is 139 Å². The van der Waals surface area contributed by atoms with Gasteiger partial charge in [0, 0.05) is 22.5 Å². The van der Waals surface area contributed by atoms with Gasteiger partial charge in [0.2, 0.25) is 0 Å². The summed E-state index contributed by atoms with van der Waals surface area (Å²) in [6.07, 6.45) is 0. The van der Waals surface area contributed by atoms with E-state index in [0.717, 1.165) is 10.0 Å². The van der Waals surface area contributed by atoms with E-state index in [1.807, 2.05) is 24.3 Å². The van der Waals surface area contributed by atoms with Gasteiger partial charge in [0.15, 0.2) is 0 Å². The number of carbonyl (C=O) groups is 1. The molecule has 6 heteroatoms. The average Bonchev–Trinajstić information content (AvgIpc) is 2.42. The van der Waals surface area contributed by atoms with Gasteiger partial charge in [-0.05, 0) is 45.8 Å². The maximum atomic E-state index is 13.3. The van der Waals surface area contributed by atoms with E-state index in [-0.39, 0.29) is 11.6 Å². The highest BCUT2D eigenvalue weighted by atomic mass is 79.9. The molecular formula is C15H13Br2FN2O. The molecule has 21 heavy (non-hydrogen) atoms. The largest absolute Gasteiger partial charge is 0.396 e. The number of hydrogen-bond donors (Lipinski definition) is 1. The number of benzene rings is 2. The molecule has 0 saturated heterocycles. The minimum Gasteiger partial charge on any atom is -0.396 e. The molecule has 0 aliphatic heterocycles. The predicted molar refractivity (Wildman–Crippen MR) is 88.5 cm³/mol. The molecule has 2 rings (SSSR count). The zero-order valence-electron chi connectivity index (χ0n) is 11.2. The van der Waals surface area contributed by atoms with Gasteiger partial charge in [-0.3, -0.25) is 4.79 Å². The summed E-state index contributed by atoms with van der Waals surface area (Å²) in [6.45, 7) is 0.446. The Kier molecular flexibility index (Phi) is 5.00. The molecule has 1 amide bonds. The van der Waals surface area contributed by atoms with Gasteiger partial charge >= 0.3 is 0 Å². The summed E-state index contributed by atoms with van der Waals surface area (Å²) in [7, 11) is 1.69. The summed E-state index contributed by atoms with van der Waals surface area (Å²) in [5.74, 6) is -0.776. The first kappa shape index (κ1) is 16.0. The van der Waals surface area contributed by atoms with E-state index < -0.39 is 5.82 Å². The summed E-state index contributed by atoms with van der Waals surface area (Å²) in [5.41, 5.74) is 6.81. The quantitative estimate of drug-likeness (QED) is 0.763. The fraction of sp³-hybridized carbons (Fsp3) is 0.133. The summed E-state index contributed by atoms with van der Waals surface area (Å²) < 4.78 is 14.7. The lowest BCUT2D eigenvalue weighted by molar-refractivity contribution is 0.0784. The lowest BCUT2D eigenvalue weighted by Crippen LogP contribution is -2.26. The molecule has 0 unspecified atom stereocenters. The molecule has 0 aliphatic rings. The smallest absolute Gasteiger partial charge is 0.255 e. The second-order valence-electron chi connectivity index (χ2n) is 4.64. The number of nitrogens with zero attached hydrogens (tertiary/aromatic N) is 1. The molecule has 0 aliphatic carbocycles. The predicted octanol–water partition coefficient (Wildman–Crippen LogP) is 4.21. The molecule has 2 N–H and O–H groups in total. The van der Waals surface area contributed by atoms with Crippen LogP contribution in [0.15, 0.2) is 45.3 Å². The molecule has 0 heterocycles. The SMILES string of the molecule is CN(Cc1cccc(Br)c1)C(=O)c1cc(N)c(F)cc1Br. The Morgan fingerprint density at radius 3 is 2.67 bits per heavy atom. The molecule has 110 valence electrons. The summed E-state index contributed by atoms with van der Waals surface area (Å²) >= 11 is 6.59. The minimum atomic E-state index is -0.548. The molecule has 0 bridgehead atoms. The molecule has 0 atom stereocenters. The maximum absolute atomic E-state index is 13.3. The highest BCUT2D eigenvalue weighted by molar-refractivity contribution is 9.10. The van der Waals surface area contributed by atoms with Crippen LogP contribution in [-0.2, 0) is 6.54 Å². The van der Waals surface area contributed by atoms with Gasteiger partial charge in [-0.15, -0.1) is 0 Å². The lowest BCUT2D eigenvalue weighted by Gasteiger charge is -2.18. The number of amides is 1. The third-order valence-electron chi connectivity index (χ3n) is 2.97. The zero-order valence-corrected chi connectivity index (χ0v) is 14.4. The van der Waals surface area contributed by atoms with Crippen molar-refractivity contribution in [2.75, 3.05) is 12.8 Å². The van der Waals surface area contributed by atoms with Crippen molar-refractivity contribution in [3.63, 3.8) is 0 Å². The van der Waals surface area contributed by atoms with Crippen molar-refractivity contribution in [3.8, 4) is 0 Å². The molecule has 2 aromatic rings. The maximum Gasteiger partial charge on any atom is 0.255 e. The van der Waals surface area contributed by atoms with Crippen molar-refractivity contribution < 1.29 is 9.18 Å². The van der Waals surface area contributed by atoms with Crippen LogP contribution in [-0.4, -0.2) is 17.9 Å². The molecule has 0 radical (unpaired) electrons. The average molecular weight is 416 g/mol. The van der Waals surface area contributed by atoms with Gasteiger partial charge in [0.05, 0.1) is 11.3 Å². The van der Waals surface area contributed by atoms with Crippen LogP contribution in [0.5, 0.6) is 0 Å². The number of nitrogens with two attached hydrogens (primary N) is 1. The van der Waals surface area contributed by atoms with Crippen LogP contribution in [0.4, 0.5) is 10.1 Å². The Morgan fingerprint density at radius 2 is 2.00 bits per heavy atom. The monoisotopic (exact) mass is 414 g/mol. The zero-order chi connectivity index (χ0) is 15.6. The fourth-order valence-corrected chi connectivity index (χ4v) is 2.85. The first-order valence-electron chi connectivity index (χ1n) is 6.13. The van der Waals surface area contributed by atoms with Gasteiger partial charge < -0.3 is 10.6 Å². The number of hydrogen-bond acceptors (Lipinski definition) is 2. The van der Waals surface area contributed by atoms with Crippen LogP contribution < -0.4 is 5.73 Å². The van der Waals surface area contributed by atoms with Crippen LogP contribution >= 0.6 is 31.9 Å². The fourth-order valence-electron chi connectivity index (χ4n) is 1.92. The van der Waals surface area contributed by atoms with Gasteiger partial charge in [-0.1, -0.05) is 28.1 Å². The Hall–Kier alpha value is -1.40. The van der Waals surface area contributed by atoms with E-state index in [2.05, 4.69) is 31.9 Å². The molecule has 0 aromatic heterocycles. The third kappa shape index (κ3) is 3.83. The van der Waals surface area contributed by atoms with Crippen molar-refractivity contribution in [1.29, 1.82) is 0 Å². The number of nitrogen functional groups attached to an aromatic ring is 1. The van der Waals surface area contributed by atoms with Crippen molar-refractivity contribution in [3.05, 3.63) is 62.3 Å². The van der Waals surface area contributed by atoms with Crippen molar-refractivity contribution in [2.24, 2.45) is 0 Å². The van der Waals surface area contributed by atoms with Crippen molar-refractivity contribution >= 4 is 43.5 Å². The number of rotatable bonds is 3. The Morgan fingerprint density at radius 1 is 1.29 bits per heavy atom. The van der Waals surface area contributed by atoms with E-state index in [9.17, 15) is 9.18 Å². The van der Waals surface area contributed by atoms with Crippen LogP contribution in [0.1, 0.15) is 15.9 Å². The molecule has 0 spiro atoms. The van der Waals surface area contributed by atoms with E-state index in [1.54, 1.807) is 11.9 Å². The molecule has 0 fully saturated rings. The second kappa shape index (κ2) is 6.58. The van der Waals surface area contributed by atoms with Gasteiger partial charge in [0.1, 0.15) is 5.82 Å². The van der Waals surface area contributed by atoms with E-state index in [1.165, 1.54) is 12.1 Å². The lowest BCUT2D eigenvalue weighted by atomic mass is 10.1. The second-order valence-corrected chi connectivity index (χ2v) is 6.41.